The van der Waals surface area contributed by atoms with Crippen LogP contribution >= 0.6 is 11.6 Å². The second kappa shape index (κ2) is 8.17. The number of hydrogen-bond acceptors (Lipinski definition) is 3. The molecule has 0 spiro atoms. The third-order valence-electron chi connectivity index (χ3n) is 4.20. The number of carbonyl (C=O) groups is 1. The Morgan fingerprint density at radius 2 is 2.12 bits per heavy atom. The van der Waals surface area contributed by atoms with E-state index < -0.39 is 0 Å². The minimum Gasteiger partial charge on any atom is -0.325 e. The lowest BCUT2D eigenvalue weighted by atomic mass is 10.1. The molecule has 1 atom stereocenters. The fourth-order valence-corrected chi connectivity index (χ4v) is 2.79. The number of carbonyl (C=O) groups excluding carboxylic acids is 1. The van der Waals surface area contributed by atoms with Crippen molar-refractivity contribution >= 4 is 23.2 Å². The van der Waals surface area contributed by atoms with E-state index in [-0.39, 0.29) is 18.5 Å². The van der Waals surface area contributed by atoms with Crippen molar-refractivity contribution in [2.75, 3.05) is 11.9 Å². The Bertz CT molecular complexity index is 893. The molecule has 134 valence electrons. The molecule has 0 radical (unpaired) electrons. The van der Waals surface area contributed by atoms with Crippen LogP contribution in [0.15, 0.2) is 61.2 Å². The number of nitrogens with zero attached hydrogens (tertiary/aromatic N) is 2. The van der Waals surface area contributed by atoms with Gasteiger partial charge in [0, 0.05) is 34.8 Å². The van der Waals surface area contributed by atoms with Crippen molar-refractivity contribution in [1.29, 1.82) is 0 Å². The normalized spacial score (nSPS) is 12.0. The summed E-state index contributed by atoms with van der Waals surface area (Å²) < 4.78 is 1.95. The van der Waals surface area contributed by atoms with Crippen LogP contribution in [0.4, 0.5) is 5.69 Å². The predicted molar refractivity (Wildman–Crippen MR) is 105 cm³/mol. The van der Waals surface area contributed by atoms with Gasteiger partial charge >= 0.3 is 0 Å². The van der Waals surface area contributed by atoms with Gasteiger partial charge in [-0.15, -0.1) is 0 Å². The lowest BCUT2D eigenvalue weighted by molar-refractivity contribution is -0.115. The predicted octanol–water partition coefficient (Wildman–Crippen LogP) is 4.12. The molecule has 0 aliphatic rings. The van der Waals surface area contributed by atoms with Crippen LogP contribution < -0.4 is 10.6 Å². The minimum absolute atomic E-state index is 0.0332. The molecular formula is C20H21ClN4O. The summed E-state index contributed by atoms with van der Waals surface area (Å²) in [6.45, 7) is 4.17. The largest absolute Gasteiger partial charge is 0.325 e. The molecule has 3 rings (SSSR count). The number of aromatic nitrogens is 2. The first-order chi connectivity index (χ1) is 12.5. The Morgan fingerprint density at radius 1 is 1.27 bits per heavy atom. The standard InChI is InChI=1S/C20H21ClN4O/c1-14-6-7-17(11-19(14)21)24-20(26)12-23-15(2)16-4-3-5-18(10-16)25-9-8-22-13-25/h3-11,13,15,23H,12H2,1-2H3,(H,24,26). The molecule has 3 aromatic rings. The first kappa shape index (κ1) is 18.2. The van der Waals surface area contributed by atoms with Crippen molar-refractivity contribution in [1.82, 2.24) is 14.9 Å². The van der Waals surface area contributed by atoms with E-state index in [0.29, 0.717) is 10.7 Å². The van der Waals surface area contributed by atoms with Gasteiger partial charge in [-0.3, -0.25) is 4.79 Å². The smallest absolute Gasteiger partial charge is 0.238 e. The lowest BCUT2D eigenvalue weighted by Gasteiger charge is -2.15. The zero-order valence-electron chi connectivity index (χ0n) is 14.7. The zero-order chi connectivity index (χ0) is 18.5. The van der Waals surface area contributed by atoms with E-state index in [0.717, 1.165) is 16.8 Å². The maximum atomic E-state index is 12.2. The van der Waals surface area contributed by atoms with Crippen LogP contribution in [0.25, 0.3) is 5.69 Å². The topological polar surface area (TPSA) is 59.0 Å². The fraction of sp³-hybridized carbons (Fsp3) is 0.200. The highest BCUT2D eigenvalue weighted by atomic mass is 35.5. The average Bonchev–Trinajstić information content (AvgIpc) is 3.18. The van der Waals surface area contributed by atoms with E-state index in [2.05, 4.69) is 21.7 Å². The Morgan fingerprint density at radius 3 is 2.85 bits per heavy atom. The van der Waals surface area contributed by atoms with Gasteiger partial charge in [0.15, 0.2) is 0 Å². The molecule has 0 fully saturated rings. The number of amides is 1. The molecule has 1 aromatic heterocycles. The highest BCUT2D eigenvalue weighted by molar-refractivity contribution is 6.31. The molecule has 0 saturated heterocycles. The molecule has 5 nitrogen and oxygen atoms in total. The van der Waals surface area contributed by atoms with Crippen LogP contribution in [0.5, 0.6) is 0 Å². The van der Waals surface area contributed by atoms with Crippen molar-refractivity contribution in [2.45, 2.75) is 19.9 Å². The number of rotatable bonds is 6. The molecule has 6 heteroatoms. The molecule has 0 bridgehead atoms. The van der Waals surface area contributed by atoms with Gasteiger partial charge in [0.2, 0.25) is 5.91 Å². The molecule has 2 N–H and O–H groups in total. The maximum Gasteiger partial charge on any atom is 0.238 e. The van der Waals surface area contributed by atoms with Gasteiger partial charge < -0.3 is 15.2 Å². The van der Waals surface area contributed by atoms with Crippen molar-refractivity contribution in [3.63, 3.8) is 0 Å². The van der Waals surface area contributed by atoms with Crippen LogP contribution in [0.2, 0.25) is 5.02 Å². The van der Waals surface area contributed by atoms with Crippen LogP contribution in [0.3, 0.4) is 0 Å². The Balaban J connectivity index is 1.58. The summed E-state index contributed by atoms with van der Waals surface area (Å²) >= 11 is 6.09. The molecule has 1 heterocycles. The third kappa shape index (κ3) is 4.50. The van der Waals surface area contributed by atoms with Crippen molar-refractivity contribution in [3.8, 4) is 5.69 Å². The highest BCUT2D eigenvalue weighted by Crippen LogP contribution is 2.20. The summed E-state index contributed by atoms with van der Waals surface area (Å²) in [7, 11) is 0. The summed E-state index contributed by atoms with van der Waals surface area (Å²) in [6.07, 6.45) is 5.41. The van der Waals surface area contributed by atoms with Crippen LogP contribution in [-0.4, -0.2) is 22.0 Å². The number of nitrogens with one attached hydrogen (secondary N) is 2. The van der Waals surface area contributed by atoms with Crippen LogP contribution in [0, 0.1) is 6.92 Å². The maximum absolute atomic E-state index is 12.2. The Labute approximate surface area is 158 Å². The van der Waals surface area contributed by atoms with Crippen molar-refractivity contribution < 1.29 is 4.79 Å². The number of hydrogen-bond donors (Lipinski definition) is 2. The minimum atomic E-state index is -0.109. The second-order valence-corrected chi connectivity index (χ2v) is 6.59. The van der Waals surface area contributed by atoms with Gasteiger partial charge in [-0.25, -0.2) is 4.98 Å². The van der Waals surface area contributed by atoms with Gasteiger partial charge in [0.25, 0.3) is 0 Å². The molecule has 26 heavy (non-hydrogen) atoms. The average molecular weight is 369 g/mol. The third-order valence-corrected chi connectivity index (χ3v) is 4.60. The van der Waals surface area contributed by atoms with E-state index in [1.165, 1.54) is 0 Å². The quantitative estimate of drug-likeness (QED) is 0.688. The molecular weight excluding hydrogens is 348 g/mol. The van der Waals surface area contributed by atoms with Crippen molar-refractivity contribution in [2.24, 2.45) is 0 Å². The highest BCUT2D eigenvalue weighted by Gasteiger charge is 2.09. The summed E-state index contributed by atoms with van der Waals surface area (Å²) in [5.41, 5.74) is 3.81. The summed E-state index contributed by atoms with van der Waals surface area (Å²) in [4.78, 5) is 16.2. The fourth-order valence-electron chi connectivity index (χ4n) is 2.61. The van der Waals surface area contributed by atoms with Crippen LogP contribution in [0.1, 0.15) is 24.1 Å². The van der Waals surface area contributed by atoms with E-state index in [1.54, 1.807) is 18.6 Å². The van der Waals surface area contributed by atoms with Gasteiger partial charge in [-0.2, -0.15) is 0 Å². The Hall–Kier alpha value is -2.63. The van der Waals surface area contributed by atoms with E-state index in [4.69, 9.17) is 11.6 Å². The summed E-state index contributed by atoms with van der Waals surface area (Å²) in [5, 5.41) is 6.74. The Kier molecular flexibility index (Phi) is 5.71. The van der Waals surface area contributed by atoms with Gasteiger partial charge in [0.05, 0.1) is 12.9 Å². The molecule has 0 aliphatic heterocycles. The molecule has 1 unspecified atom stereocenters. The SMILES string of the molecule is Cc1ccc(NC(=O)CNC(C)c2cccc(-n3ccnc3)c2)cc1Cl. The molecule has 0 saturated carbocycles. The van der Waals surface area contributed by atoms with Gasteiger partial charge in [-0.1, -0.05) is 29.8 Å². The number of aryl methyl sites for hydroxylation is 1. The summed E-state index contributed by atoms with van der Waals surface area (Å²) in [6, 6.07) is 13.7. The second-order valence-electron chi connectivity index (χ2n) is 6.18. The number of imidazole rings is 1. The number of anilines is 1. The molecule has 0 aliphatic carbocycles. The molecule has 1 amide bonds. The van der Waals surface area contributed by atoms with Gasteiger partial charge in [0.1, 0.15) is 0 Å². The van der Waals surface area contributed by atoms with E-state index in [1.807, 2.05) is 54.9 Å². The number of halogens is 1. The van der Waals surface area contributed by atoms with E-state index in [9.17, 15) is 4.79 Å². The first-order valence-corrected chi connectivity index (χ1v) is 8.78. The van der Waals surface area contributed by atoms with Crippen LogP contribution in [-0.2, 0) is 4.79 Å². The lowest BCUT2D eigenvalue weighted by Crippen LogP contribution is -2.30. The number of benzene rings is 2. The summed E-state index contributed by atoms with van der Waals surface area (Å²) in [5.74, 6) is -0.109. The van der Waals surface area contributed by atoms with Crippen molar-refractivity contribution in [3.05, 3.63) is 77.3 Å². The van der Waals surface area contributed by atoms with Gasteiger partial charge in [-0.05, 0) is 49.2 Å². The van der Waals surface area contributed by atoms with E-state index >= 15 is 0 Å². The monoisotopic (exact) mass is 368 g/mol. The molecule has 2 aromatic carbocycles. The zero-order valence-corrected chi connectivity index (χ0v) is 15.5. The first-order valence-electron chi connectivity index (χ1n) is 8.40.